The van der Waals surface area contributed by atoms with Crippen molar-refractivity contribution < 1.29 is 9.47 Å². The molecule has 0 fully saturated rings. The van der Waals surface area contributed by atoms with Crippen LogP contribution in [-0.2, 0) is 6.42 Å². The number of aliphatic imine (C=N–C) groups is 1. The molecule has 0 saturated heterocycles. The second kappa shape index (κ2) is 9.86. The molecule has 1 aliphatic rings. The van der Waals surface area contributed by atoms with Gasteiger partial charge in [0.2, 0.25) is 0 Å². The lowest BCUT2D eigenvalue weighted by molar-refractivity contribution is 0.284. The topological polar surface area (TPSA) is 37.3 Å². The predicted octanol–water partition coefficient (Wildman–Crippen LogP) is 5.08. The van der Waals surface area contributed by atoms with Crippen LogP contribution in [-0.4, -0.2) is 44.8 Å². The number of methoxy groups -OCH3 is 2. The molecule has 3 aromatic carbocycles. The Morgan fingerprint density at radius 1 is 0.903 bits per heavy atom. The number of rotatable bonds is 7. The van der Waals surface area contributed by atoms with E-state index in [1.165, 1.54) is 5.56 Å². The number of amidine groups is 1. The van der Waals surface area contributed by atoms with Crippen LogP contribution < -0.4 is 14.4 Å². The highest BCUT2D eigenvalue weighted by atomic mass is 35.5. The average molecular weight is 436 g/mol. The monoisotopic (exact) mass is 435 g/mol. The van der Waals surface area contributed by atoms with Gasteiger partial charge in [-0.15, -0.1) is 0 Å². The van der Waals surface area contributed by atoms with Crippen molar-refractivity contribution in [3.05, 3.63) is 88.9 Å². The van der Waals surface area contributed by atoms with Crippen molar-refractivity contribution in [2.75, 3.05) is 39.0 Å². The van der Waals surface area contributed by atoms with Gasteiger partial charge in [-0.25, -0.2) is 0 Å². The summed E-state index contributed by atoms with van der Waals surface area (Å²) in [6, 6.07) is 24.3. The Labute approximate surface area is 188 Å². The number of ether oxygens (including phenoxy) is 2. The van der Waals surface area contributed by atoms with Crippen LogP contribution >= 0.6 is 11.6 Å². The van der Waals surface area contributed by atoms with Crippen molar-refractivity contribution in [2.45, 2.75) is 6.42 Å². The van der Waals surface area contributed by atoms with Gasteiger partial charge in [0.05, 0.1) is 27.6 Å². The maximum Gasteiger partial charge on any atom is 0.160 e. The van der Waals surface area contributed by atoms with E-state index in [4.69, 9.17) is 26.1 Å². The summed E-state index contributed by atoms with van der Waals surface area (Å²) in [5.41, 5.74) is 3.38. The zero-order chi connectivity index (χ0) is 21.6. The van der Waals surface area contributed by atoms with Gasteiger partial charge in [-0.05, 0) is 48.4 Å². The number of halogens is 1. The fourth-order valence-corrected chi connectivity index (χ4v) is 3.81. The predicted molar refractivity (Wildman–Crippen MR) is 127 cm³/mol. The van der Waals surface area contributed by atoms with Crippen molar-refractivity contribution in [1.82, 2.24) is 4.90 Å². The van der Waals surface area contributed by atoms with Gasteiger partial charge in [0, 0.05) is 22.8 Å². The zero-order valence-corrected chi connectivity index (χ0v) is 18.5. The first-order chi connectivity index (χ1) is 15.2. The van der Waals surface area contributed by atoms with Gasteiger partial charge in [0.25, 0.3) is 0 Å². The van der Waals surface area contributed by atoms with E-state index in [1.807, 2.05) is 54.6 Å². The smallest absolute Gasteiger partial charge is 0.160 e. The normalized spacial score (nSPS) is 14.3. The summed E-state index contributed by atoms with van der Waals surface area (Å²) >= 11 is 6.12. The molecule has 160 valence electrons. The third kappa shape index (κ3) is 5.01. The van der Waals surface area contributed by atoms with Crippen molar-refractivity contribution in [3.63, 3.8) is 0 Å². The van der Waals surface area contributed by atoms with Crippen LogP contribution in [0.4, 0.5) is 5.69 Å². The molecule has 4 rings (SSSR count). The molecule has 0 aliphatic carbocycles. The number of hydrogen-bond donors (Lipinski definition) is 0. The lowest BCUT2D eigenvalue weighted by Gasteiger charge is -2.36. The lowest BCUT2D eigenvalue weighted by Crippen LogP contribution is -2.47. The Morgan fingerprint density at radius 2 is 1.65 bits per heavy atom. The summed E-state index contributed by atoms with van der Waals surface area (Å²) in [6.45, 7) is 2.29. The maximum absolute atomic E-state index is 6.12. The van der Waals surface area contributed by atoms with E-state index in [2.05, 4.69) is 28.0 Å². The minimum absolute atomic E-state index is 0.654. The van der Waals surface area contributed by atoms with Crippen molar-refractivity contribution in [3.8, 4) is 11.5 Å². The van der Waals surface area contributed by atoms with Gasteiger partial charge in [0.15, 0.2) is 11.5 Å². The lowest BCUT2D eigenvalue weighted by atomic mass is 10.1. The summed E-state index contributed by atoms with van der Waals surface area (Å²) in [7, 11) is 3.31. The highest BCUT2D eigenvalue weighted by Gasteiger charge is 2.23. The third-order valence-corrected chi connectivity index (χ3v) is 5.60. The van der Waals surface area contributed by atoms with Crippen molar-refractivity contribution >= 4 is 23.1 Å². The largest absolute Gasteiger partial charge is 0.493 e. The molecule has 0 bridgehead atoms. The van der Waals surface area contributed by atoms with Crippen LogP contribution in [0.1, 0.15) is 11.1 Å². The Balaban J connectivity index is 1.53. The van der Waals surface area contributed by atoms with Crippen LogP contribution in [0.3, 0.4) is 0 Å². The molecule has 0 amide bonds. The Kier molecular flexibility index (Phi) is 6.75. The van der Waals surface area contributed by atoms with Crippen molar-refractivity contribution in [2.24, 2.45) is 4.99 Å². The van der Waals surface area contributed by atoms with Crippen LogP contribution in [0.2, 0.25) is 5.02 Å². The van der Waals surface area contributed by atoms with Gasteiger partial charge < -0.3 is 14.4 Å². The number of anilines is 1. The van der Waals surface area contributed by atoms with Crippen molar-refractivity contribution in [1.29, 1.82) is 0 Å². The molecule has 0 radical (unpaired) electrons. The fourth-order valence-electron chi connectivity index (χ4n) is 3.69. The number of benzene rings is 3. The molecule has 6 heteroatoms. The van der Waals surface area contributed by atoms with Gasteiger partial charge in [-0.2, -0.15) is 0 Å². The first-order valence-corrected chi connectivity index (χ1v) is 10.6. The number of nitrogens with zero attached hydrogens (tertiary/aromatic N) is 3. The molecule has 0 aromatic heterocycles. The molecule has 3 aromatic rings. The molecule has 5 nitrogen and oxygen atoms in total. The van der Waals surface area contributed by atoms with E-state index in [0.717, 1.165) is 53.2 Å². The second-order valence-electron chi connectivity index (χ2n) is 7.37. The molecule has 31 heavy (non-hydrogen) atoms. The summed E-state index contributed by atoms with van der Waals surface area (Å²) in [5, 5.41) is 0.726. The molecule has 0 spiro atoms. The first kappa shape index (κ1) is 21.2. The SMILES string of the molecule is COc1ccc(CCN2CN=C(c3ccccc3)N(c3ccc(Cl)cc3)C2)cc1OC. The molecule has 0 saturated carbocycles. The minimum atomic E-state index is 0.654. The van der Waals surface area contributed by atoms with Crippen LogP contribution in [0.15, 0.2) is 77.8 Å². The van der Waals surface area contributed by atoms with E-state index in [-0.39, 0.29) is 0 Å². The molecular weight excluding hydrogens is 410 g/mol. The molecule has 0 N–H and O–H groups in total. The summed E-state index contributed by atoms with van der Waals surface area (Å²) in [4.78, 5) is 9.50. The van der Waals surface area contributed by atoms with E-state index in [0.29, 0.717) is 6.67 Å². The second-order valence-corrected chi connectivity index (χ2v) is 7.81. The quantitative estimate of drug-likeness (QED) is 0.518. The Hall–Kier alpha value is -3.02. The standard InChI is InChI=1S/C25H26ClN3O2/c1-30-23-13-8-19(16-24(23)31-2)14-15-28-17-27-25(20-6-4-3-5-7-20)29(18-28)22-11-9-21(26)10-12-22/h3-13,16H,14-15,17-18H2,1-2H3. The third-order valence-electron chi connectivity index (χ3n) is 5.35. The molecule has 0 atom stereocenters. The van der Waals surface area contributed by atoms with Gasteiger partial charge in [0.1, 0.15) is 5.84 Å². The van der Waals surface area contributed by atoms with Gasteiger partial charge in [-0.1, -0.05) is 48.0 Å². The van der Waals surface area contributed by atoms with Gasteiger partial charge in [-0.3, -0.25) is 9.89 Å². The highest BCUT2D eigenvalue weighted by molar-refractivity contribution is 6.30. The molecule has 1 heterocycles. The summed E-state index contributed by atoms with van der Waals surface area (Å²) in [6.07, 6.45) is 0.894. The molecule has 1 aliphatic heterocycles. The fraction of sp³-hybridized carbons (Fsp3) is 0.240. The van der Waals surface area contributed by atoms with E-state index < -0.39 is 0 Å². The highest BCUT2D eigenvalue weighted by Crippen LogP contribution is 2.28. The average Bonchev–Trinajstić information content (AvgIpc) is 2.83. The molecular formula is C25H26ClN3O2. The minimum Gasteiger partial charge on any atom is -0.493 e. The maximum atomic E-state index is 6.12. The van der Waals surface area contributed by atoms with Gasteiger partial charge >= 0.3 is 0 Å². The number of hydrogen-bond acceptors (Lipinski definition) is 5. The van der Waals surface area contributed by atoms with Crippen LogP contribution in [0.25, 0.3) is 0 Å². The van der Waals surface area contributed by atoms with Crippen LogP contribution in [0, 0.1) is 0 Å². The molecule has 0 unspecified atom stereocenters. The van der Waals surface area contributed by atoms with E-state index in [9.17, 15) is 0 Å². The summed E-state index contributed by atoms with van der Waals surface area (Å²) in [5.74, 6) is 2.48. The van der Waals surface area contributed by atoms with Crippen LogP contribution in [0.5, 0.6) is 11.5 Å². The Morgan fingerprint density at radius 3 is 2.35 bits per heavy atom. The first-order valence-electron chi connectivity index (χ1n) is 10.2. The van der Waals surface area contributed by atoms with E-state index in [1.54, 1.807) is 14.2 Å². The zero-order valence-electron chi connectivity index (χ0n) is 17.8. The Bertz CT molecular complexity index is 1040. The van der Waals surface area contributed by atoms with E-state index >= 15 is 0 Å². The summed E-state index contributed by atoms with van der Waals surface area (Å²) < 4.78 is 10.8.